The van der Waals surface area contributed by atoms with E-state index in [-0.39, 0.29) is 11.8 Å². The third kappa shape index (κ3) is 5.97. The van der Waals surface area contributed by atoms with Gasteiger partial charge in [-0.15, -0.1) is 0 Å². The minimum absolute atomic E-state index is 0.0757. The highest BCUT2D eigenvalue weighted by molar-refractivity contribution is 6.30. The van der Waals surface area contributed by atoms with Crippen molar-refractivity contribution >= 4 is 23.1 Å². The van der Waals surface area contributed by atoms with Crippen LogP contribution in [0.2, 0.25) is 5.02 Å². The molecule has 0 heterocycles. The van der Waals surface area contributed by atoms with E-state index >= 15 is 0 Å². The molecule has 3 rings (SSSR count). The van der Waals surface area contributed by atoms with Gasteiger partial charge in [-0.25, -0.2) is 0 Å². The third-order valence-corrected chi connectivity index (χ3v) is 4.88. The maximum atomic E-state index is 12.6. The van der Waals surface area contributed by atoms with E-state index in [2.05, 4.69) is 36.5 Å². The van der Waals surface area contributed by atoms with Gasteiger partial charge in [-0.1, -0.05) is 71.8 Å². The number of hydrogen-bond acceptors (Lipinski definition) is 2. The number of benzene rings is 3. The van der Waals surface area contributed by atoms with Crippen LogP contribution in [-0.4, -0.2) is 5.78 Å². The number of rotatable bonds is 8. The number of carbonyl (C=O) groups is 1. The second kappa shape index (κ2) is 9.38. The molecule has 3 aromatic rings. The summed E-state index contributed by atoms with van der Waals surface area (Å²) in [6.07, 6.45) is 1.77. The fourth-order valence-corrected chi connectivity index (χ4v) is 3.18. The monoisotopic (exact) mass is 377 g/mol. The number of hydrogen-bond donors (Lipinski definition) is 1. The number of ketones is 1. The van der Waals surface area contributed by atoms with Gasteiger partial charge in [0.2, 0.25) is 0 Å². The van der Waals surface area contributed by atoms with Crippen LogP contribution in [0.15, 0.2) is 78.9 Å². The maximum absolute atomic E-state index is 12.6. The Balaban J connectivity index is 1.69. The Hall–Kier alpha value is -2.58. The lowest BCUT2D eigenvalue weighted by Crippen LogP contribution is -2.16. The number of Topliss-reactive ketones (excluding diaryl/α,β-unsaturated/α-hetero) is 1. The minimum atomic E-state index is -0.0757. The molecular formula is C24H24ClNO. The van der Waals surface area contributed by atoms with Gasteiger partial charge in [-0.05, 0) is 48.7 Å². The second-order valence-corrected chi connectivity index (χ2v) is 7.28. The van der Waals surface area contributed by atoms with Gasteiger partial charge in [0.05, 0.1) is 6.04 Å². The van der Waals surface area contributed by atoms with Gasteiger partial charge >= 0.3 is 0 Å². The molecule has 1 atom stereocenters. The van der Waals surface area contributed by atoms with Crippen molar-refractivity contribution in [2.75, 3.05) is 5.32 Å². The van der Waals surface area contributed by atoms with Crippen LogP contribution < -0.4 is 5.32 Å². The van der Waals surface area contributed by atoms with E-state index in [1.807, 2.05) is 54.6 Å². The lowest BCUT2D eigenvalue weighted by Gasteiger charge is -2.20. The molecule has 3 aromatic carbocycles. The molecule has 138 valence electrons. The average Bonchev–Trinajstić information content (AvgIpc) is 2.69. The molecule has 0 amide bonds. The molecule has 0 saturated carbocycles. The van der Waals surface area contributed by atoms with Crippen LogP contribution >= 0.6 is 11.6 Å². The lowest BCUT2D eigenvalue weighted by atomic mass is 9.97. The SMILES string of the molecule is Cc1ccc(NC(CC(=O)CCc2ccccc2)c2ccc(Cl)cc2)cc1. The molecule has 0 aromatic heterocycles. The molecule has 0 saturated heterocycles. The van der Waals surface area contributed by atoms with E-state index < -0.39 is 0 Å². The van der Waals surface area contributed by atoms with Crippen LogP contribution in [0.1, 0.15) is 35.6 Å². The highest BCUT2D eigenvalue weighted by Gasteiger charge is 2.16. The minimum Gasteiger partial charge on any atom is -0.378 e. The summed E-state index contributed by atoms with van der Waals surface area (Å²) in [5.41, 5.74) is 4.48. The van der Waals surface area contributed by atoms with Crippen LogP contribution in [-0.2, 0) is 11.2 Å². The molecule has 2 nitrogen and oxygen atoms in total. The molecule has 0 aliphatic carbocycles. The fourth-order valence-electron chi connectivity index (χ4n) is 3.06. The zero-order valence-corrected chi connectivity index (χ0v) is 16.2. The molecule has 1 unspecified atom stereocenters. The van der Waals surface area contributed by atoms with Gasteiger partial charge in [0.15, 0.2) is 0 Å². The van der Waals surface area contributed by atoms with Crippen molar-refractivity contribution in [2.24, 2.45) is 0 Å². The maximum Gasteiger partial charge on any atom is 0.135 e. The Bertz CT molecular complexity index is 857. The number of anilines is 1. The number of nitrogens with one attached hydrogen (secondary N) is 1. The van der Waals surface area contributed by atoms with E-state index in [4.69, 9.17) is 11.6 Å². The third-order valence-electron chi connectivity index (χ3n) is 4.63. The summed E-state index contributed by atoms with van der Waals surface area (Å²) >= 11 is 6.03. The standard InChI is InChI=1S/C24H24ClNO/c1-18-7-14-22(15-8-18)26-24(20-10-12-21(25)13-11-20)17-23(27)16-9-19-5-3-2-4-6-19/h2-8,10-15,24,26H,9,16-17H2,1H3. The topological polar surface area (TPSA) is 29.1 Å². The van der Waals surface area contributed by atoms with Gasteiger partial charge < -0.3 is 5.32 Å². The number of carbonyl (C=O) groups excluding carboxylic acids is 1. The zero-order valence-electron chi connectivity index (χ0n) is 15.5. The van der Waals surface area contributed by atoms with Gasteiger partial charge in [0.25, 0.3) is 0 Å². The summed E-state index contributed by atoms with van der Waals surface area (Å²) in [6, 6.07) is 26.0. The summed E-state index contributed by atoms with van der Waals surface area (Å²) in [4.78, 5) is 12.6. The van der Waals surface area contributed by atoms with Gasteiger partial charge in [-0.2, -0.15) is 0 Å². The molecule has 1 N–H and O–H groups in total. The molecule has 0 spiro atoms. The Morgan fingerprint density at radius 1 is 0.926 bits per heavy atom. The van der Waals surface area contributed by atoms with Crippen molar-refractivity contribution in [1.29, 1.82) is 0 Å². The van der Waals surface area contributed by atoms with E-state index in [9.17, 15) is 4.79 Å². The molecule has 0 fully saturated rings. The van der Waals surface area contributed by atoms with E-state index in [1.54, 1.807) is 0 Å². The average molecular weight is 378 g/mol. The number of aryl methyl sites for hydroxylation is 2. The Labute approximate surface area is 166 Å². The Morgan fingerprint density at radius 2 is 1.59 bits per heavy atom. The van der Waals surface area contributed by atoms with Crippen LogP contribution in [0.3, 0.4) is 0 Å². The molecule has 0 aliphatic heterocycles. The van der Waals surface area contributed by atoms with Crippen molar-refractivity contribution in [3.05, 3.63) is 101 Å². The fraction of sp³-hybridized carbons (Fsp3) is 0.208. The molecular weight excluding hydrogens is 354 g/mol. The molecule has 0 bridgehead atoms. The van der Waals surface area contributed by atoms with Crippen LogP contribution in [0.5, 0.6) is 0 Å². The zero-order chi connectivity index (χ0) is 19.1. The first-order valence-corrected chi connectivity index (χ1v) is 9.62. The van der Waals surface area contributed by atoms with Gasteiger partial charge in [0.1, 0.15) is 5.78 Å². The molecule has 0 radical (unpaired) electrons. The first kappa shape index (κ1) is 19.2. The molecule has 3 heteroatoms. The predicted octanol–water partition coefficient (Wildman–Crippen LogP) is 6.39. The molecule has 0 aliphatic rings. The van der Waals surface area contributed by atoms with Crippen LogP contribution in [0, 0.1) is 6.92 Å². The van der Waals surface area contributed by atoms with Crippen molar-refractivity contribution in [1.82, 2.24) is 0 Å². The summed E-state index contributed by atoms with van der Waals surface area (Å²) in [7, 11) is 0. The highest BCUT2D eigenvalue weighted by Crippen LogP contribution is 2.25. The first-order chi connectivity index (χ1) is 13.1. The molecule has 27 heavy (non-hydrogen) atoms. The second-order valence-electron chi connectivity index (χ2n) is 6.84. The highest BCUT2D eigenvalue weighted by atomic mass is 35.5. The van der Waals surface area contributed by atoms with Crippen molar-refractivity contribution in [3.8, 4) is 0 Å². The van der Waals surface area contributed by atoms with Gasteiger partial charge in [-0.3, -0.25) is 4.79 Å². The van der Waals surface area contributed by atoms with Gasteiger partial charge in [0, 0.05) is 23.6 Å². The normalized spacial score (nSPS) is 11.8. The van der Waals surface area contributed by atoms with Crippen molar-refractivity contribution in [2.45, 2.75) is 32.2 Å². The predicted molar refractivity (Wildman–Crippen MR) is 113 cm³/mol. The summed E-state index contributed by atoms with van der Waals surface area (Å²) in [6.45, 7) is 2.06. The summed E-state index contributed by atoms with van der Waals surface area (Å²) in [5, 5.41) is 4.20. The quantitative estimate of drug-likeness (QED) is 0.492. The Morgan fingerprint density at radius 3 is 2.26 bits per heavy atom. The largest absolute Gasteiger partial charge is 0.378 e. The first-order valence-electron chi connectivity index (χ1n) is 9.24. The number of halogens is 1. The Kier molecular flexibility index (Phi) is 6.67. The lowest BCUT2D eigenvalue weighted by molar-refractivity contribution is -0.119. The smallest absolute Gasteiger partial charge is 0.135 e. The summed E-state index contributed by atoms with van der Waals surface area (Å²) in [5.74, 6) is 0.249. The van der Waals surface area contributed by atoms with Crippen molar-refractivity contribution < 1.29 is 4.79 Å². The van der Waals surface area contributed by atoms with E-state index in [0.29, 0.717) is 17.9 Å². The summed E-state index contributed by atoms with van der Waals surface area (Å²) < 4.78 is 0. The van der Waals surface area contributed by atoms with E-state index in [0.717, 1.165) is 17.7 Å². The van der Waals surface area contributed by atoms with Crippen LogP contribution in [0.25, 0.3) is 0 Å². The van der Waals surface area contributed by atoms with Crippen molar-refractivity contribution in [3.63, 3.8) is 0 Å². The van der Waals surface area contributed by atoms with E-state index in [1.165, 1.54) is 11.1 Å². The van der Waals surface area contributed by atoms with Crippen LogP contribution in [0.4, 0.5) is 5.69 Å².